The van der Waals surface area contributed by atoms with E-state index < -0.39 is 0 Å². The SMILES string of the molecule is CC1CCN(C(C)CN)C(C)C1. The number of likely N-dealkylation sites (tertiary alicyclic amines) is 1. The van der Waals surface area contributed by atoms with Crippen LogP contribution in [0.4, 0.5) is 0 Å². The van der Waals surface area contributed by atoms with Crippen LogP contribution < -0.4 is 5.73 Å². The number of nitrogens with zero attached hydrogens (tertiary/aromatic N) is 1. The van der Waals surface area contributed by atoms with Crippen molar-refractivity contribution < 1.29 is 0 Å². The van der Waals surface area contributed by atoms with Crippen LogP contribution in [-0.2, 0) is 0 Å². The number of rotatable bonds is 2. The van der Waals surface area contributed by atoms with Crippen molar-refractivity contribution in [3.05, 3.63) is 0 Å². The highest BCUT2D eigenvalue weighted by Gasteiger charge is 2.25. The zero-order valence-electron chi connectivity index (χ0n) is 8.59. The Morgan fingerprint density at radius 3 is 2.67 bits per heavy atom. The lowest BCUT2D eigenvalue weighted by Crippen LogP contribution is -2.48. The molecule has 0 radical (unpaired) electrons. The Balaban J connectivity index is 2.44. The highest BCUT2D eigenvalue weighted by atomic mass is 15.2. The molecule has 1 aliphatic rings. The van der Waals surface area contributed by atoms with Crippen LogP contribution in [0.2, 0.25) is 0 Å². The van der Waals surface area contributed by atoms with Crippen LogP contribution in [0.1, 0.15) is 33.6 Å². The molecule has 0 amide bonds. The standard InChI is InChI=1S/C10H22N2/c1-8-4-5-12(9(2)6-8)10(3)7-11/h8-10H,4-7,11H2,1-3H3. The number of hydrogen-bond donors (Lipinski definition) is 1. The lowest BCUT2D eigenvalue weighted by atomic mass is 9.92. The molecule has 0 aliphatic carbocycles. The number of nitrogens with two attached hydrogens (primary N) is 1. The van der Waals surface area contributed by atoms with Crippen LogP contribution >= 0.6 is 0 Å². The van der Waals surface area contributed by atoms with Gasteiger partial charge in [0.15, 0.2) is 0 Å². The van der Waals surface area contributed by atoms with E-state index in [0.717, 1.165) is 18.5 Å². The van der Waals surface area contributed by atoms with Gasteiger partial charge in [-0.05, 0) is 39.2 Å². The molecule has 3 atom stereocenters. The summed E-state index contributed by atoms with van der Waals surface area (Å²) < 4.78 is 0. The van der Waals surface area contributed by atoms with E-state index >= 15 is 0 Å². The van der Waals surface area contributed by atoms with Crippen LogP contribution in [0.25, 0.3) is 0 Å². The molecular weight excluding hydrogens is 148 g/mol. The largest absolute Gasteiger partial charge is 0.329 e. The average molecular weight is 170 g/mol. The molecule has 1 rings (SSSR count). The van der Waals surface area contributed by atoms with Gasteiger partial charge in [-0.3, -0.25) is 4.90 Å². The third kappa shape index (κ3) is 2.20. The van der Waals surface area contributed by atoms with Gasteiger partial charge in [0.2, 0.25) is 0 Å². The normalized spacial score (nSPS) is 35.0. The molecule has 0 bridgehead atoms. The first kappa shape index (κ1) is 10.0. The summed E-state index contributed by atoms with van der Waals surface area (Å²) in [5.74, 6) is 0.904. The summed E-state index contributed by atoms with van der Waals surface area (Å²) in [5, 5.41) is 0. The molecule has 1 heterocycles. The Morgan fingerprint density at radius 2 is 2.17 bits per heavy atom. The minimum absolute atomic E-state index is 0.562. The summed E-state index contributed by atoms with van der Waals surface area (Å²) in [5.41, 5.74) is 5.66. The van der Waals surface area contributed by atoms with E-state index in [1.807, 2.05) is 0 Å². The second-order valence-electron chi connectivity index (χ2n) is 4.30. The Labute approximate surface area is 76.1 Å². The molecule has 2 N–H and O–H groups in total. The summed E-state index contributed by atoms with van der Waals surface area (Å²) in [6.07, 6.45) is 2.68. The van der Waals surface area contributed by atoms with E-state index in [0.29, 0.717) is 6.04 Å². The van der Waals surface area contributed by atoms with Crippen LogP contribution in [0.15, 0.2) is 0 Å². The van der Waals surface area contributed by atoms with Gasteiger partial charge >= 0.3 is 0 Å². The predicted molar refractivity (Wildman–Crippen MR) is 53.1 cm³/mol. The summed E-state index contributed by atoms with van der Waals surface area (Å²) in [6.45, 7) is 8.93. The van der Waals surface area contributed by atoms with Gasteiger partial charge in [0.1, 0.15) is 0 Å². The molecule has 0 aromatic carbocycles. The average Bonchev–Trinajstić information content (AvgIpc) is 2.03. The molecule has 2 heteroatoms. The topological polar surface area (TPSA) is 29.3 Å². The van der Waals surface area contributed by atoms with Gasteiger partial charge in [-0.15, -0.1) is 0 Å². The minimum Gasteiger partial charge on any atom is -0.329 e. The Kier molecular flexibility index (Phi) is 3.53. The van der Waals surface area contributed by atoms with Crippen LogP contribution in [-0.4, -0.2) is 30.1 Å². The Morgan fingerprint density at radius 1 is 1.50 bits per heavy atom. The third-order valence-electron chi connectivity index (χ3n) is 3.10. The summed E-state index contributed by atoms with van der Waals surface area (Å²) >= 11 is 0. The Hall–Kier alpha value is -0.0800. The van der Waals surface area contributed by atoms with Crippen molar-refractivity contribution in [2.75, 3.05) is 13.1 Å². The third-order valence-corrected chi connectivity index (χ3v) is 3.10. The van der Waals surface area contributed by atoms with E-state index in [1.165, 1.54) is 19.4 Å². The molecule has 0 spiro atoms. The van der Waals surface area contributed by atoms with Crippen LogP contribution in [0.5, 0.6) is 0 Å². The van der Waals surface area contributed by atoms with Crippen molar-refractivity contribution in [1.29, 1.82) is 0 Å². The van der Waals surface area contributed by atoms with Crippen molar-refractivity contribution in [2.24, 2.45) is 11.7 Å². The molecule has 72 valence electrons. The molecule has 0 saturated carbocycles. The first-order valence-electron chi connectivity index (χ1n) is 5.11. The van der Waals surface area contributed by atoms with Crippen molar-refractivity contribution in [3.8, 4) is 0 Å². The summed E-state index contributed by atoms with van der Waals surface area (Å²) in [4.78, 5) is 2.54. The van der Waals surface area contributed by atoms with E-state index in [9.17, 15) is 0 Å². The van der Waals surface area contributed by atoms with E-state index in [2.05, 4.69) is 25.7 Å². The maximum Gasteiger partial charge on any atom is 0.0192 e. The fourth-order valence-electron chi connectivity index (χ4n) is 2.22. The number of hydrogen-bond acceptors (Lipinski definition) is 2. The lowest BCUT2D eigenvalue weighted by Gasteiger charge is -2.40. The molecule has 1 aliphatic heterocycles. The fraction of sp³-hybridized carbons (Fsp3) is 1.00. The molecule has 12 heavy (non-hydrogen) atoms. The van der Waals surface area contributed by atoms with E-state index in [-0.39, 0.29) is 0 Å². The quantitative estimate of drug-likeness (QED) is 0.679. The van der Waals surface area contributed by atoms with Crippen molar-refractivity contribution in [1.82, 2.24) is 4.90 Å². The molecule has 1 fully saturated rings. The zero-order chi connectivity index (χ0) is 9.14. The fourth-order valence-corrected chi connectivity index (χ4v) is 2.22. The highest BCUT2D eigenvalue weighted by Crippen LogP contribution is 2.23. The minimum atomic E-state index is 0.562. The first-order valence-corrected chi connectivity index (χ1v) is 5.11. The Bertz CT molecular complexity index is 136. The van der Waals surface area contributed by atoms with E-state index in [4.69, 9.17) is 5.73 Å². The molecular formula is C10H22N2. The summed E-state index contributed by atoms with van der Waals surface area (Å²) in [6, 6.07) is 1.29. The van der Waals surface area contributed by atoms with Crippen molar-refractivity contribution in [3.63, 3.8) is 0 Å². The molecule has 0 aromatic rings. The molecule has 0 aromatic heterocycles. The maximum atomic E-state index is 5.66. The number of piperidine rings is 1. The maximum absolute atomic E-state index is 5.66. The van der Waals surface area contributed by atoms with Gasteiger partial charge in [0.25, 0.3) is 0 Å². The smallest absolute Gasteiger partial charge is 0.0192 e. The first-order chi connectivity index (χ1) is 5.65. The van der Waals surface area contributed by atoms with Crippen molar-refractivity contribution in [2.45, 2.75) is 45.7 Å². The van der Waals surface area contributed by atoms with Crippen LogP contribution in [0.3, 0.4) is 0 Å². The summed E-state index contributed by atoms with van der Waals surface area (Å²) in [7, 11) is 0. The zero-order valence-corrected chi connectivity index (χ0v) is 8.59. The van der Waals surface area contributed by atoms with E-state index in [1.54, 1.807) is 0 Å². The molecule has 2 nitrogen and oxygen atoms in total. The molecule has 3 unspecified atom stereocenters. The molecule has 1 saturated heterocycles. The van der Waals surface area contributed by atoms with Gasteiger partial charge in [0.05, 0.1) is 0 Å². The highest BCUT2D eigenvalue weighted by molar-refractivity contribution is 4.80. The van der Waals surface area contributed by atoms with Gasteiger partial charge in [0, 0.05) is 18.6 Å². The van der Waals surface area contributed by atoms with Gasteiger partial charge in [-0.2, -0.15) is 0 Å². The van der Waals surface area contributed by atoms with Crippen molar-refractivity contribution >= 4 is 0 Å². The van der Waals surface area contributed by atoms with Crippen LogP contribution in [0, 0.1) is 5.92 Å². The second kappa shape index (κ2) is 4.24. The van der Waals surface area contributed by atoms with Gasteiger partial charge in [-0.1, -0.05) is 6.92 Å². The second-order valence-corrected chi connectivity index (χ2v) is 4.30. The monoisotopic (exact) mass is 170 g/mol. The lowest BCUT2D eigenvalue weighted by molar-refractivity contribution is 0.0930. The van der Waals surface area contributed by atoms with Gasteiger partial charge < -0.3 is 5.73 Å². The van der Waals surface area contributed by atoms with Gasteiger partial charge in [-0.25, -0.2) is 0 Å². The predicted octanol–water partition coefficient (Wildman–Crippen LogP) is 1.45.